The minimum Gasteiger partial charge on any atom is -0.381 e. The molecule has 0 saturated carbocycles. The van der Waals surface area contributed by atoms with Gasteiger partial charge in [0.05, 0.1) is 12.6 Å². The number of nitrogens with two attached hydrogens (primary N) is 1. The Morgan fingerprint density at radius 1 is 1.67 bits per heavy atom. The van der Waals surface area contributed by atoms with Gasteiger partial charge in [-0.25, -0.2) is 5.84 Å². The molecule has 1 fully saturated rings. The summed E-state index contributed by atoms with van der Waals surface area (Å²) < 4.78 is 10.4. The Morgan fingerprint density at radius 3 is 3.00 bits per heavy atom. The van der Waals surface area contributed by atoms with Crippen molar-refractivity contribution in [3.63, 3.8) is 0 Å². The van der Waals surface area contributed by atoms with Crippen LogP contribution in [0.3, 0.4) is 0 Å². The summed E-state index contributed by atoms with van der Waals surface area (Å²) in [5.74, 6) is 5.25. The summed E-state index contributed by atoms with van der Waals surface area (Å²) >= 11 is 0. The van der Waals surface area contributed by atoms with E-state index in [2.05, 4.69) is 10.1 Å². The van der Waals surface area contributed by atoms with Gasteiger partial charge < -0.3 is 9.26 Å². The number of nitrogens with zero attached hydrogens (tertiary/aromatic N) is 2. The number of rotatable bonds is 4. The van der Waals surface area contributed by atoms with Crippen molar-refractivity contribution in [3.05, 3.63) is 17.5 Å². The lowest BCUT2D eigenvalue weighted by molar-refractivity contribution is 0.0364. The number of methoxy groups -OCH3 is 1. The fraction of sp³-hybridized carbons (Fsp3) is 0.636. The number of nitrogens with one attached hydrogen (secondary N) is 1. The number of aromatic nitrogens is 1. The van der Waals surface area contributed by atoms with E-state index in [4.69, 9.17) is 15.1 Å². The van der Waals surface area contributed by atoms with Gasteiger partial charge in [-0.15, -0.1) is 0 Å². The Kier molecular flexibility index (Phi) is 4.29. The Bertz CT molecular complexity index is 399. The van der Waals surface area contributed by atoms with Crippen molar-refractivity contribution in [2.45, 2.75) is 25.5 Å². The molecule has 1 aliphatic rings. The van der Waals surface area contributed by atoms with Gasteiger partial charge in [-0.1, -0.05) is 5.16 Å². The van der Waals surface area contributed by atoms with Gasteiger partial charge in [-0.05, 0) is 12.8 Å². The van der Waals surface area contributed by atoms with E-state index in [0.717, 1.165) is 25.9 Å². The number of nitrogen functional groups attached to an aromatic ring is 1. The number of carbonyl (C=O) groups excluding carboxylic acids is 1. The summed E-state index contributed by atoms with van der Waals surface area (Å²) in [5.41, 5.74) is 2.23. The largest absolute Gasteiger partial charge is 0.381 e. The van der Waals surface area contributed by atoms with Crippen molar-refractivity contribution in [2.75, 3.05) is 20.2 Å². The Labute approximate surface area is 105 Å². The van der Waals surface area contributed by atoms with Gasteiger partial charge >= 0.3 is 0 Å². The lowest BCUT2D eigenvalue weighted by Crippen LogP contribution is -2.36. The predicted octanol–water partition coefficient (Wildman–Crippen LogP) is -0.111. The predicted molar refractivity (Wildman–Crippen MR) is 63.5 cm³/mol. The monoisotopic (exact) mass is 254 g/mol. The first-order valence-electron chi connectivity index (χ1n) is 5.94. The third-order valence-electron chi connectivity index (χ3n) is 3.17. The number of ether oxygens (including phenoxy) is 1. The maximum Gasteiger partial charge on any atom is 0.287 e. The second-order valence-corrected chi connectivity index (χ2v) is 4.36. The van der Waals surface area contributed by atoms with E-state index in [1.54, 1.807) is 13.2 Å². The van der Waals surface area contributed by atoms with E-state index in [1.807, 2.05) is 5.43 Å². The molecule has 1 aromatic heterocycles. The summed E-state index contributed by atoms with van der Waals surface area (Å²) in [6, 6.07) is 1.62. The minimum atomic E-state index is -0.442. The average molecular weight is 254 g/mol. The van der Waals surface area contributed by atoms with Crippen LogP contribution < -0.4 is 11.3 Å². The van der Waals surface area contributed by atoms with Crippen molar-refractivity contribution in [2.24, 2.45) is 5.84 Å². The van der Waals surface area contributed by atoms with Crippen LogP contribution in [0.2, 0.25) is 0 Å². The zero-order valence-electron chi connectivity index (χ0n) is 10.4. The SMILES string of the molecule is COC1CCN(Cc2cc(C(=O)NN)no2)CC1. The first kappa shape index (κ1) is 13.0. The molecule has 100 valence electrons. The van der Waals surface area contributed by atoms with Crippen LogP contribution in [-0.2, 0) is 11.3 Å². The summed E-state index contributed by atoms with van der Waals surface area (Å²) in [6.07, 6.45) is 2.39. The lowest BCUT2D eigenvalue weighted by Gasteiger charge is -2.30. The highest BCUT2D eigenvalue weighted by molar-refractivity contribution is 5.91. The van der Waals surface area contributed by atoms with E-state index < -0.39 is 5.91 Å². The molecule has 2 heterocycles. The highest BCUT2D eigenvalue weighted by Gasteiger charge is 2.20. The first-order chi connectivity index (χ1) is 8.72. The van der Waals surface area contributed by atoms with E-state index in [-0.39, 0.29) is 5.69 Å². The molecule has 18 heavy (non-hydrogen) atoms. The lowest BCUT2D eigenvalue weighted by atomic mass is 10.1. The van der Waals surface area contributed by atoms with E-state index in [0.29, 0.717) is 18.4 Å². The van der Waals surface area contributed by atoms with Crippen LogP contribution in [0.15, 0.2) is 10.6 Å². The van der Waals surface area contributed by atoms with Crippen LogP contribution in [0.5, 0.6) is 0 Å². The van der Waals surface area contributed by atoms with Gasteiger partial charge in [0.2, 0.25) is 0 Å². The van der Waals surface area contributed by atoms with Crippen molar-refractivity contribution in [1.82, 2.24) is 15.5 Å². The first-order valence-corrected chi connectivity index (χ1v) is 5.94. The van der Waals surface area contributed by atoms with E-state index in [1.165, 1.54) is 0 Å². The second kappa shape index (κ2) is 5.94. The Hall–Kier alpha value is -1.44. The van der Waals surface area contributed by atoms with Crippen molar-refractivity contribution < 1.29 is 14.1 Å². The molecule has 0 aromatic carbocycles. The molecule has 1 aromatic rings. The number of amides is 1. The Balaban J connectivity index is 1.86. The fourth-order valence-electron chi connectivity index (χ4n) is 2.09. The van der Waals surface area contributed by atoms with Crippen molar-refractivity contribution in [3.8, 4) is 0 Å². The molecule has 1 amide bonds. The fourth-order valence-corrected chi connectivity index (χ4v) is 2.09. The molecule has 0 bridgehead atoms. The summed E-state index contributed by atoms with van der Waals surface area (Å²) in [6.45, 7) is 2.57. The molecule has 7 nitrogen and oxygen atoms in total. The molecular formula is C11H18N4O3. The zero-order valence-corrected chi connectivity index (χ0v) is 10.4. The number of hydrogen-bond donors (Lipinski definition) is 2. The van der Waals surface area contributed by atoms with Gasteiger partial charge in [0.25, 0.3) is 5.91 Å². The molecule has 1 aliphatic heterocycles. The molecule has 0 spiro atoms. The van der Waals surface area contributed by atoms with Crippen molar-refractivity contribution in [1.29, 1.82) is 0 Å². The van der Waals surface area contributed by atoms with Crippen LogP contribution in [0.25, 0.3) is 0 Å². The third kappa shape index (κ3) is 3.06. The Morgan fingerprint density at radius 2 is 2.39 bits per heavy atom. The number of piperidine rings is 1. The molecule has 1 saturated heterocycles. The van der Waals surface area contributed by atoms with Crippen LogP contribution in [0.4, 0.5) is 0 Å². The van der Waals surface area contributed by atoms with Gasteiger partial charge in [0, 0.05) is 26.3 Å². The zero-order chi connectivity index (χ0) is 13.0. The molecular weight excluding hydrogens is 236 g/mol. The van der Waals surface area contributed by atoms with Crippen LogP contribution in [0, 0.1) is 0 Å². The number of carbonyl (C=O) groups is 1. The molecule has 2 rings (SSSR count). The van der Waals surface area contributed by atoms with Gasteiger partial charge in [-0.2, -0.15) is 0 Å². The molecule has 3 N–H and O–H groups in total. The number of likely N-dealkylation sites (tertiary alicyclic amines) is 1. The van der Waals surface area contributed by atoms with Crippen LogP contribution in [-0.4, -0.2) is 42.3 Å². The van der Waals surface area contributed by atoms with Gasteiger partial charge in [0.15, 0.2) is 11.5 Å². The molecule has 7 heteroatoms. The molecule has 0 unspecified atom stereocenters. The normalized spacial score (nSPS) is 17.9. The standard InChI is InChI=1S/C11H18N4O3/c1-17-8-2-4-15(5-3-8)7-9-6-10(14-18-9)11(16)13-12/h6,8H,2-5,7,12H2,1H3,(H,13,16). The van der Waals surface area contributed by atoms with Crippen LogP contribution >= 0.6 is 0 Å². The maximum atomic E-state index is 11.2. The maximum absolute atomic E-state index is 11.2. The number of hydrazine groups is 1. The van der Waals surface area contributed by atoms with Gasteiger partial charge in [0.1, 0.15) is 0 Å². The third-order valence-corrected chi connectivity index (χ3v) is 3.17. The smallest absolute Gasteiger partial charge is 0.287 e. The molecule has 0 radical (unpaired) electrons. The molecule has 0 atom stereocenters. The highest BCUT2D eigenvalue weighted by Crippen LogP contribution is 2.16. The molecule has 0 aliphatic carbocycles. The topological polar surface area (TPSA) is 93.6 Å². The van der Waals surface area contributed by atoms with Crippen LogP contribution in [0.1, 0.15) is 29.1 Å². The van der Waals surface area contributed by atoms with Crippen molar-refractivity contribution >= 4 is 5.91 Å². The minimum absolute atomic E-state index is 0.208. The van der Waals surface area contributed by atoms with Gasteiger partial charge in [-0.3, -0.25) is 15.1 Å². The average Bonchev–Trinajstić information content (AvgIpc) is 2.87. The van der Waals surface area contributed by atoms with E-state index >= 15 is 0 Å². The summed E-state index contributed by atoms with van der Waals surface area (Å²) in [7, 11) is 1.74. The quantitative estimate of drug-likeness (QED) is 0.442. The summed E-state index contributed by atoms with van der Waals surface area (Å²) in [5, 5.41) is 3.67. The van der Waals surface area contributed by atoms with E-state index in [9.17, 15) is 4.79 Å². The summed E-state index contributed by atoms with van der Waals surface area (Å²) in [4.78, 5) is 13.5. The highest BCUT2D eigenvalue weighted by atomic mass is 16.5. The number of hydrogen-bond acceptors (Lipinski definition) is 6. The second-order valence-electron chi connectivity index (χ2n) is 4.36.